The Morgan fingerprint density at radius 1 is 1.13 bits per heavy atom. The van der Waals surface area contributed by atoms with Gasteiger partial charge in [0.1, 0.15) is 5.75 Å². The Morgan fingerprint density at radius 3 is 2.63 bits per heavy atom. The number of piperidine rings is 1. The van der Waals surface area contributed by atoms with Crippen LogP contribution in [0, 0.1) is 19.8 Å². The van der Waals surface area contributed by atoms with Crippen LogP contribution in [0.4, 0.5) is 11.5 Å². The Hall–Kier alpha value is -3.42. The van der Waals surface area contributed by atoms with Crippen LogP contribution in [0.2, 0.25) is 0 Å². The maximum absolute atomic E-state index is 12.8. The van der Waals surface area contributed by atoms with Crippen molar-refractivity contribution in [2.24, 2.45) is 5.92 Å². The van der Waals surface area contributed by atoms with Gasteiger partial charge >= 0.3 is 0 Å². The van der Waals surface area contributed by atoms with Crippen molar-refractivity contribution in [3.05, 3.63) is 53.9 Å². The molecule has 0 spiro atoms. The number of amides is 1. The zero-order valence-electron chi connectivity index (χ0n) is 17.5. The zero-order chi connectivity index (χ0) is 21.1. The van der Waals surface area contributed by atoms with E-state index < -0.39 is 0 Å². The number of hydrogen-bond donors (Lipinski definition) is 1. The predicted molar refractivity (Wildman–Crippen MR) is 115 cm³/mol. The summed E-state index contributed by atoms with van der Waals surface area (Å²) >= 11 is 0. The lowest BCUT2D eigenvalue weighted by Gasteiger charge is -2.32. The minimum Gasteiger partial charge on any atom is -0.497 e. The first-order valence-electron chi connectivity index (χ1n) is 10.1. The van der Waals surface area contributed by atoms with E-state index >= 15 is 0 Å². The summed E-state index contributed by atoms with van der Waals surface area (Å²) in [6.45, 7) is 5.42. The van der Waals surface area contributed by atoms with Crippen LogP contribution in [0.3, 0.4) is 0 Å². The molecule has 0 radical (unpaired) electrons. The minimum absolute atomic E-state index is 0.0140. The molecule has 4 rings (SSSR count). The molecule has 30 heavy (non-hydrogen) atoms. The maximum Gasteiger partial charge on any atom is 0.229 e. The Kier molecular flexibility index (Phi) is 5.65. The van der Waals surface area contributed by atoms with Gasteiger partial charge in [-0.2, -0.15) is 5.10 Å². The van der Waals surface area contributed by atoms with Gasteiger partial charge in [-0.3, -0.25) is 4.79 Å². The van der Waals surface area contributed by atoms with E-state index in [4.69, 9.17) is 4.74 Å². The second kappa shape index (κ2) is 8.52. The number of carbonyl (C=O) groups is 1. The highest BCUT2D eigenvalue weighted by Gasteiger charge is 2.27. The molecule has 1 fully saturated rings. The molecule has 1 aromatic carbocycles. The number of nitrogens with zero attached hydrogens (tertiary/aromatic N) is 5. The number of anilines is 2. The highest BCUT2D eigenvalue weighted by molar-refractivity contribution is 5.93. The third kappa shape index (κ3) is 4.27. The van der Waals surface area contributed by atoms with E-state index in [1.54, 1.807) is 11.8 Å². The number of carbonyl (C=O) groups excluding carboxylic acids is 1. The summed E-state index contributed by atoms with van der Waals surface area (Å²) in [5.74, 6) is 2.09. The van der Waals surface area contributed by atoms with Gasteiger partial charge < -0.3 is 15.0 Å². The third-order valence-corrected chi connectivity index (χ3v) is 5.32. The molecular formula is C22H26N6O2. The molecule has 0 bridgehead atoms. The number of aromatic nitrogens is 4. The van der Waals surface area contributed by atoms with Crippen molar-refractivity contribution in [3.8, 4) is 11.6 Å². The van der Waals surface area contributed by atoms with E-state index in [0.717, 1.165) is 48.0 Å². The smallest absolute Gasteiger partial charge is 0.229 e. The summed E-state index contributed by atoms with van der Waals surface area (Å²) in [5.41, 5.74) is 2.70. The van der Waals surface area contributed by atoms with Crippen molar-refractivity contribution in [1.82, 2.24) is 20.0 Å². The SMILES string of the molecule is COc1cccc(NC(=O)C2CCCN(c3ccc(-n4nc(C)cc4C)nn3)C2)c1. The predicted octanol–water partition coefficient (Wildman–Crippen LogP) is 3.14. The fraction of sp³-hybridized carbons (Fsp3) is 0.364. The summed E-state index contributed by atoms with van der Waals surface area (Å²) < 4.78 is 7.01. The second-order valence-corrected chi connectivity index (χ2v) is 7.60. The van der Waals surface area contributed by atoms with Crippen molar-refractivity contribution in [2.75, 3.05) is 30.4 Å². The average molecular weight is 406 g/mol. The van der Waals surface area contributed by atoms with Crippen LogP contribution in [0.1, 0.15) is 24.2 Å². The summed E-state index contributed by atoms with van der Waals surface area (Å²) in [6, 6.07) is 13.3. The van der Waals surface area contributed by atoms with Crippen LogP contribution in [-0.2, 0) is 4.79 Å². The number of aryl methyl sites for hydroxylation is 2. The molecule has 1 atom stereocenters. The zero-order valence-corrected chi connectivity index (χ0v) is 17.5. The van der Waals surface area contributed by atoms with Gasteiger partial charge in [-0.15, -0.1) is 10.2 Å². The van der Waals surface area contributed by atoms with Gasteiger partial charge in [-0.25, -0.2) is 4.68 Å². The molecule has 1 saturated heterocycles. The second-order valence-electron chi connectivity index (χ2n) is 7.60. The standard InChI is InChI=1S/C22H26N6O2/c1-15-12-16(2)28(26-15)21-10-9-20(24-25-21)27-11-5-6-17(14-27)22(29)23-18-7-4-8-19(13-18)30-3/h4,7-10,12-13,17H,5-6,11,14H2,1-3H3,(H,23,29). The number of hydrogen-bond acceptors (Lipinski definition) is 6. The molecule has 1 aliphatic heterocycles. The quantitative estimate of drug-likeness (QED) is 0.701. The van der Waals surface area contributed by atoms with E-state index in [2.05, 4.69) is 25.5 Å². The van der Waals surface area contributed by atoms with Gasteiger partial charge in [-0.05, 0) is 57.0 Å². The van der Waals surface area contributed by atoms with E-state index in [9.17, 15) is 4.79 Å². The normalized spacial score (nSPS) is 16.4. The first kappa shape index (κ1) is 19.9. The summed E-state index contributed by atoms with van der Waals surface area (Å²) in [6.07, 6.45) is 1.78. The summed E-state index contributed by atoms with van der Waals surface area (Å²) in [4.78, 5) is 14.9. The van der Waals surface area contributed by atoms with Crippen LogP contribution in [0.15, 0.2) is 42.5 Å². The third-order valence-electron chi connectivity index (χ3n) is 5.32. The van der Waals surface area contributed by atoms with Crippen molar-refractivity contribution in [3.63, 3.8) is 0 Å². The van der Waals surface area contributed by atoms with Gasteiger partial charge in [0.25, 0.3) is 0 Å². The van der Waals surface area contributed by atoms with Gasteiger partial charge in [0.2, 0.25) is 5.91 Å². The van der Waals surface area contributed by atoms with E-state index in [-0.39, 0.29) is 11.8 Å². The molecule has 1 N–H and O–H groups in total. The van der Waals surface area contributed by atoms with E-state index in [1.807, 2.05) is 56.3 Å². The minimum atomic E-state index is -0.109. The van der Waals surface area contributed by atoms with E-state index in [0.29, 0.717) is 12.4 Å². The molecule has 8 nitrogen and oxygen atoms in total. The summed E-state index contributed by atoms with van der Waals surface area (Å²) in [5, 5.41) is 16.2. The maximum atomic E-state index is 12.8. The molecular weight excluding hydrogens is 380 g/mol. The molecule has 1 unspecified atom stereocenters. The van der Waals surface area contributed by atoms with Crippen molar-refractivity contribution in [1.29, 1.82) is 0 Å². The lowest BCUT2D eigenvalue weighted by molar-refractivity contribution is -0.120. The van der Waals surface area contributed by atoms with Gasteiger partial charge in [0, 0.05) is 30.5 Å². The Morgan fingerprint density at radius 2 is 1.93 bits per heavy atom. The fourth-order valence-electron chi connectivity index (χ4n) is 3.81. The lowest BCUT2D eigenvalue weighted by Crippen LogP contribution is -2.41. The molecule has 0 saturated carbocycles. The number of rotatable bonds is 5. The van der Waals surface area contributed by atoms with Gasteiger partial charge in [0.15, 0.2) is 11.6 Å². The van der Waals surface area contributed by atoms with Crippen LogP contribution < -0.4 is 15.0 Å². The highest BCUT2D eigenvalue weighted by atomic mass is 16.5. The van der Waals surface area contributed by atoms with Crippen molar-refractivity contribution >= 4 is 17.4 Å². The molecule has 3 aromatic rings. The Balaban J connectivity index is 1.43. The topological polar surface area (TPSA) is 85.2 Å². The monoisotopic (exact) mass is 406 g/mol. The molecule has 156 valence electrons. The van der Waals surface area contributed by atoms with Gasteiger partial charge in [0.05, 0.1) is 18.7 Å². The molecule has 1 amide bonds. The molecule has 8 heteroatoms. The fourth-order valence-corrected chi connectivity index (χ4v) is 3.81. The Labute approximate surface area is 175 Å². The first-order valence-corrected chi connectivity index (χ1v) is 10.1. The van der Waals surface area contributed by atoms with Crippen LogP contribution in [0.25, 0.3) is 5.82 Å². The molecule has 2 aromatic heterocycles. The largest absolute Gasteiger partial charge is 0.497 e. The molecule has 0 aliphatic carbocycles. The lowest BCUT2D eigenvalue weighted by atomic mass is 9.97. The number of benzene rings is 1. The molecule has 3 heterocycles. The van der Waals surface area contributed by atoms with Crippen molar-refractivity contribution < 1.29 is 9.53 Å². The Bertz CT molecular complexity index is 1030. The van der Waals surface area contributed by atoms with Crippen molar-refractivity contribution in [2.45, 2.75) is 26.7 Å². The van der Waals surface area contributed by atoms with Crippen LogP contribution in [0.5, 0.6) is 5.75 Å². The van der Waals surface area contributed by atoms with E-state index in [1.165, 1.54) is 0 Å². The average Bonchev–Trinajstić information content (AvgIpc) is 3.12. The number of ether oxygens (including phenoxy) is 1. The highest BCUT2D eigenvalue weighted by Crippen LogP contribution is 2.24. The van der Waals surface area contributed by atoms with Crippen LogP contribution in [-0.4, -0.2) is 46.1 Å². The molecule has 1 aliphatic rings. The van der Waals surface area contributed by atoms with Crippen LogP contribution >= 0.6 is 0 Å². The number of nitrogens with one attached hydrogen (secondary N) is 1. The number of methoxy groups -OCH3 is 1. The first-order chi connectivity index (χ1) is 14.5. The van der Waals surface area contributed by atoms with Gasteiger partial charge in [-0.1, -0.05) is 6.07 Å². The summed E-state index contributed by atoms with van der Waals surface area (Å²) in [7, 11) is 1.61.